The lowest BCUT2D eigenvalue weighted by molar-refractivity contribution is 0.401. The number of aromatic nitrogens is 2. The maximum atomic E-state index is 14.1. The van der Waals surface area contributed by atoms with Crippen molar-refractivity contribution in [3.8, 4) is 5.75 Å². The van der Waals surface area contributed by atoms with Gasteiger partial charge in [0.05, 0.1) is 19.3 Å². The Hall–Kier alpha value is -1.59. The fourth-order valence-electron chi connectivity index (χ4n) is 2.12. The lowest BCUT2D eigenvalue weighted by atomic mass is 10.0. The predicted octanol–water partition coefficient (Wildman–Crippen LogP) is 2.53. The molecule has 1 N–H and O–H groups in total. The summed E-state index contributed by atoms with van der Waals surface area (Å²) >= 11 is 6.12. The molecule has 1 heterocycles. The summed E-state index contributed by atoms with van der Waals surface area (Å²) in [7, 11) is 5.06. The van der Waals surface area contributed by atoms with E-state index in [1.165, 1.54) is 6.07 Å². The number of hydrogen-bond donors (Lipinski definition) is 1. The normalized spacial score (nSPS) is 12.5. The van der Waals surface area contributed by atoms with Crippen molar-refractivity contribution in [3.63, 3.8) is 0 Å². The highest BCUT2D eigenvalue weighted by atomic mass is 35.5. The molecule has 0 aliphatic rings. The molecular weight excluding hydrogens is 269 g/mol. The Kier molecular flexibility index (Phi) is 4.07. The smallest absolute Gasteiger partial charge is 0.161 e. The van der Waals surface area contributed by atoms with Crippen LogP contribution in [-0.2, 0) is 7.05 Å². The Balaban J connectivity index is 2.59. The molecule has 0 spiro atoms. The van der Waals surface area contributed by atoms with Gasteiger partial charge in [0.25, 0.3) is 0 Å². The van der Waals surface area contributed by atoms with Gasteiger partial charge in [-0.1, -0.05) is 17.7 Å². The predicted molar refractivity (Wildman–Crippen MR) is 72.1 cm³/mol. The number of methoxy groups -OCH3 is 1. The molecule has 2 aromatic rings. The molecule has 2 rings (SSSR count). The minimum Gasteiger partial charge on any atom is -0.493 e. The standard InChI is InChI=1S/C13H15ClFN3O/c1-16-12(11-8(14)5-4-6-9(11)15)13-10(19-3)7-17-18(13)2/h4-7,12,16H,1-3H3. The van der Waals surface area contributed by atoms with Crippen molar-refractivity contribution in [1.82, 2.24) is 15.1 Å². The van der Waals surface area contributed by atoms with E-state index in [1.807, 2.05) is 0 Å². The Morgan fingerprint density at radius 3 is 2.79 bits per heavy atom. The van der Waals surface area contributed by atoms with Gasteiger partial charge < -0.3 is 10.1 Å². The van der Waals surface area contributed by atoms with E-state index in [4.69, 9.17) is 16.3 Å². The van der Waals surface area contributed by atoms with Crippen LogP contribution in [0.3, 0.4) is 0 Å². The van der Waals surface area contributed by atoms with Crippen LogP contribution in [0.1, 0.15) is 17.3 Å². The third kappa shape index (κ3) is 2.43. The highest BCUT2D eigenvalue weighted by molar-refractivity contribution is 6.31. The summed E-state index contributed by atoms with van der Waals surface area (Å²) in [5.41, 5.74) is 1.10. The molecule has 0 aliphatic heterocycles. The molecule has 0 fully saturated rings. The van der Waals surface area contributed by atoms with Crippen molar-refractivity contribution < 1.29 is 9.13 Å². The summed E-state index contributed by atoms with van der Waals surface area (Å²) in [5.74, 6) is 0.219. The third-order valence-electron chi connectivity index (χ3n) is 3.02. The van der Waals surface area contributed by atoms with Crippen LogP contribution < -0.4 is 10.1 Å². The molecule has 4 nitrogen and oxygen atoms in total. The molecule has 0 aliphatic carbocycles. The maximum absolute atomic E-state index is 14.1. The molecule has 0 amide bonds. The van der Waals surface area contributed by atoms with Gasteiger partial charge in [0.15, 0.2) is 5.75 Å². The van der Waals surface area contributed by atoms with Crippen molar-refractivity contribution in [2.24, 2.45) is 7.05 Å². The number of nitrogens with one attached hydrogen (secondary N) is 1. The molecule has 19 heavy (non-hydrogen) atoms. The lowest BCUT2D eigenvalue weighted by Crippen LogP contribution is -2.22. The van der Waals surface area contributed by atoms with Crippen molar-refractivity contribution in [2.75, 3.05) is 14.2 Å². The van der Waals surface area contributed by atoms with Crippen LogP contribution >= 0.6 is 11.6 Å². The van der Waals surface area contributed by atoms with Crippen molar-refractivity contribution in [2.45, 2.75) is 6.04 Å². The number of benzene rings is 1. The van der Waals surface area contributed by atoms with Crippen molar-refractivity contribution in [3.05, 3.63) is 46.5 Å². The van der Waals surface area contributed by atoms with Crippen LogP contribution in [-0.4, -0.2) is 23.9 Å². The minimum atomic E-state index is -0.434. The summed E-state index contributed by atoms with van der Waals surface area (Å²) in [5, 5.41) is 7.54. The number of aryl methyl sites for hydroxylation is 1. The van der Waals surface area contributed by atoms with Gasteiger partial charge in [-0.25, -0.2) is 4.39 Å². The molecule has 6 heteroatoms. The maximum Gasteiger partial charge on any atom is 0.161 e. The zero-order valence-corrected chi connectivity index (χ0v) is 11.7. The highest BCUT2D eigenvalue weighted by Crippen LogP contribution is 2.34. The Morgan fingerprint density at radius 2 is 2.21 bits per heavy atom. The van der Waals surface area contributed by atoms with Crippen LogP contribution in [0.2, 0.25) is 5.02 Å². The monoisotopic (exact) mass is 283 g/mol. The number of nitrogens with zero attached hydrogens (tertiary/aromatic N) is 2. The summed E-state index contributed by atoms with van der Waals surface area (Å²) in [6, 6.07) is 4.19. The van der Waals surface area contributed by atoms with Gasteiger partial charge in [0, 0.05) is 17.6 Å². The van der Waals surface area contributed by atoms with E-state index in [0.29, 0.717) is 16.3 Å². The van der Waals surface area contributed by atoms with Crippen LogP contribution in [0.5, 0.6) is 5.75 Å². The molecular formula is C13H15ClFN3O. The van der Waals surface area contributed by atoms with Gasteiger partial charge in [-0.3, -0.25) is 4.68 Å². The number of hydrogen-bond acceptors (Lipinski definition) is 3. The van der Waals surface area contributed by atoms with Gasteiger partial charge >= 0.3 is 0 Å². The van der Waals surface area contributed by atoms with Gasteiger partial charge in [0.1, 0.15) is 11.5 Å². The van der Waals surface area contributed by atoms with Gasteiger partial charge in [-0.05, 0) is 19.2 Å². The minimum absolute atomic E-state index is 0.364. The van der Waals surface area contributed by atoms with Crippen LogP contribution in [0, 0.1) is 5.82 Å². The summed E-state index contributed by atoms with van der Waals surface area (Å²) in [6.45, 7) is 0. The number of halogens is 2. The summed E-state index contributed by atoms with van der Waals surface area (Å²) in [4.78, 5) is 0. The second-order valence-corrected chi connectivity index (χ2v) is 4.49. The second-order valence-electron chi connectivity index (χ2n) is 4.08. The lowest BCUT2D eigenvalue weighted by Gasteiger charge is -2.20. The van der Waals surface area contributed by atoms with Gasteiger partial charge in [-0.15, -0.1) is 0 Å². The largest absolute Gasteiger partial charge is 0.493 e. The van der Waals surface area contributed by atoms with Crippen LogP contribution in [0.25, 0.3) is 0 Å². The molecule has 1 atom stereocenters. The molecule has 1 aromatic carbocycles. The Labute approximate surface area is 116 Å². The molecule has 0 saturated heterocycles. The van der Waals surface area contributed by atoms with Crippen molar-refractivity contribution in [1.29, 1.82) is 0 Å². The van der Waals surface area contributed by atoms with Gasteiger partial charge in [-0.2, -0.15) is 5.10 Å². The average molecular weight is 284 g/mol. The summed E-state index contributed by atoms with van der Waals surface area (Å²) in [6.07, 6.45) is 1.59. The van der Waals surface area contributed by atoms with E-state index >= 15 is 0 Å². The number of ether oxygens (including phenoxy) is 1. The SMILES string of the molecule is CNC(c1c(F)cccc1Cl)c1c(OC)cnn1C. The third-order valence-corrected chi connectivity index (χ3v) is 3.35. The van der Waals surface area contributed by atoms with E-state index in [9.17, 15) is 4.39 Å². The molecule has 0 saturated carbocycles. The van der Waals surface area contributed by atoms with Gasteiger partial charge in [0.2, 0.25) is 0 Å². The quantitative estimate of drug-likeness (QED) is 0.937. The molecule has 1 unspecified atom stereocenters. The van der Waals surface area contributed by atoms with E-state index in [1.54, 1.807) is 44.2 Å². The zero-order valence-electron chi connectivity index (χ0n) is 10.9. The van der Waals surface area contributed by atoms with E-state index in [0.717, 1.165) is 5.69 Å². The molecule has 0 bridgehead atoms. The van der Waals surface area contributed by atoms with E-state index < -0.39 is 6.04 Å². The fourth-order valence-corrected chi connectivity index (χ4v) is 2.39. The zero-order chi connectivity index (χ0) is 14.0. The van der Waals surface area contributed by atoms with Crippen LogP contribution in [0.4, 0.5) is 4.39 Å². The first kappa shape index (κ1) is 13.8. The number of rotatable bonds is 4. The summed E-state index contributed by atoms with van der Waals surface area (Å²) < 4.78 is 21.0. The first-order chi connectivity index (χ1) is 9.10. The molecule has 0 radical (unpaired) electrons. The highest BCUT2D eigenvalue weighted by Gasteiger charge is 2.25. The molecule has 1 aromatic heterocycles. The van der Waals surface area contributed by atoms with Crippen molar-refractivity contribution >= 4 is 11.6 Å². The fraction of sp³-hybridized carbons (Fsp3) is 0.308. The topological polar surface area (TPSA) is 39.1 Å². The first-order valence-electron chi connectivity index (χ1n) is 5.77. The second kappa shape index (κ2) is 5.59. The van der Waals surface area contributed by atoms with E-state index in [2.05, 4.69) is 10.4 Å². The van der Waals surface area contributed by atoms with E-state index in [-0.39, 0.29) is 5.82 Å². The Morgan fingerprint density at radius 1 is 1.47 bits per heavy atom. The molecule has 102 valence electrons. The first-order valence-corrected chi connectivity index (χ1v) is 6.15. The average Bonchev–Trinajstić information content (AvgIpc) is 2.75. The Bertz CT molecular complexity index is 565. The van der Waals surface area contributed by atoms with Crippen LogP contribution in [0.15, 0.2) is 24.4 Å².